The lowest BCUT2D eigenvalue weighted by Crippen LogP contribution is -2.29. The van der Waals surface area contributed by atoms with E-state index in [1.54, 1.807) is 14.2 Å². The lowest BCUT2D eigenvalue weighted by Gasteiger charge is -2.21. The van der Waals surface area contributed by atoms with Crippen LogP contribution in [0.3, 0.4) is 0 Å². The zero-order chi connectivity index (χ0) is 14.6. The minimum Gasteiger partial charge on any atom is -0.457 e. The third kappa shape index (κ3) is 10.7. The summed E-state index contributed by atoms with van der Waals surface area (Å²) in [5.41, 5.74) is 0. The van der Waals surface area contributed by atoms with E-state index in [1.165, 1.54) is 6.08 Å². The van der Waals surface area contributed by atoms with Crippen LogP contribution >= 0.6 is 0 Å². The lowest BCUT2D eigenvalue weighted by atomic mass is 10.2. The Morgan fingerprint density at radius 1 is 1.39 bits per heavy atom. The number of carbonyl (C=O) groups is 1. The third-order valence-corrected chi connectivity index (χ3v) is 4.08. The maximum absolute atomic E-state index is 10.8. The zero-order valence-corrected chi connectivity index (χ0v) is 16.3. The number of rotatable bonds is 7. The van der Waals surface area contributed by atoms with E-state index in [0.717, 1.165) is 16.7 Å². The second-order valence-corrected chi connectivity index (χ2v) is 4.98. The van der Waals surface area contributed by atoms with Crippen molar-refractivity contribution < 1.29 is 23.4 Å². The standard InChI is InChI=1S/C8H16O3Si.C3H10O2Si/c1-4-7(6(3)11-12)10-8(9)5-2;1-4-3(6)5-2/h5-7H,2,4H2,1,3,12H3;3H,1-2,6H3. The fourth-order valence-corrected chi connectivity index (χ4v) is 1.26. The van der Waals surface area contributed by atoms with Gasteiger partial charge in [0.2, 0.25) is 0 Å². The van der Waals surface area contributed by atoms with E-state index in [2.05, 4.69) is 6.58 Å². The van der Waals surface area contributed by atoms with E-state index in [9.17, 15) is 4.79 Å². The zero-order valence-electron chi connectivity index (χ0n) is 12.3. The normalized spacial score (nSPS) is 13.6. The van der Waals surface area contributed by atoms with Gasteiger partial charge in [-0.3, -0.25) is 0 Å². The summed E-state index contributed by atoms with van der Waals surface area (Å²) >= 11 is 0. The molecular weight excluding hydrogens is 268 g/mol. The van der Waals surface area contributed by atoms with Gasteiger partial charge in [-0.15, -0.1) is 0 Å². The number of esters is 1. The Labute approximate surface area is 116 Å². The highest BCUT2D eigenvalue weighted by molar-refractivity contribution is 6.09. The molecule has 0 N–H and O–H groups in total. The molecule has 0 aromatic rings. The Balaban J connectivity index is 0. The maximum Gasteiger partial charge on any atom is 0.330 e. The van der Waals surface area contributed by atoms with Gasteiger partial charge in [-0.25, -0.2) is 4.79 Å². The third-order valence-electron chi connectivity index (χ3n) is 2.40. The minimum atomic E-state index is -0.382. The highest BCUT2D eigenvalue weighted by Crippen LogP contribution is 2.07. The van der Waals surface area contributed by atoms with Crippen molar-refractivity contribution in [2.45, 2.75) is 38.4 Å². The van der Waals surface area contributed by atoms with Crippen molar-refractivity contribution in [3.8, 4) is 0 Å². The largest absolute Gasteiger partial charge is 0.457 e. The van der Waals surface area contributed by atoms with Crippen molar-refractivity contribution in [1.29, 1.82) is 0 Å². The number of hydrogen-bond acceptors (Lipinski definition) is 5. The summed E-state index contributed by atoms with van der Waals surface area (Å²) in [5.74, 6) is -0.308. The monoisotopic (exact) mass is 294 g/mol. The molecule has 2 atom stereocenters. The molecule has 0 fully saturated rings. The average Bonchev–Trinajstić information content (AvgIpc) is 2.43. The Morgan fingerprint density at radius 3 is 2.11 bits per heavy atom. The first-order chi connectivity index (χ1) is 8.46. The van der Waals surface area contributed by atoms with E-state index < -0.39 is 0 Å². The smallest absolute Gasteiger partial charge is 0.330 e. The molecule has 0 aliphatic carbocycles. The number of hydrogen-bond donors (Lipinski definition) is 0. The van der Waals surface area contributed by atoms with Gasteiger partial charge < -0.3 is 18.6 Å². The van der Waals surface area contributed by atoms with Gasteiger partial charge in [0.15, 0.2) is 0 Å². The van der Waals surface area contributed by atoms with E-state index >= 15 is 0 Å². The highest BCUT2D eigenvalue weighted by atomic mass is 28.2. The van der Waals surface area contributed by atoms with Crippen LogP contribution in [-0.2, 0) is 23.4 Å². The molecule has 0 aromatic heterocycles. The fraction of sp³-hybridized carbons (Fsp3) is 0.727. The van der Waals surface area contributed by atoms with Crippen molar-refractivity contribution in [2.24, 2.45) is 0 Å². The van der Waals surface area contributed by atoms with Crippen LogP contribution in [0.1, 0.15) is 20.3 Å². The Morgan fingerprint density at radius 2 is 1.89 bits per heavy atom. The molecule has 2 unspecified atom stereocenters. The van der Waals surface area contributed by atoms with E-state index in [1.807, 2.05) is 13.8 Å². The number of methoxy groups -OCH3 is 2. The molecule has 0 aromatic carbocycles. The van der Waals surface area contributed by atoms with Crippen LogP contribution in [0.2, 0.25) is 0 Å². The highest BCUT2D eigenvalue weighted by Gasteiger charge is 2.17. The maximum atomic E-state index is 10.8. The van der Waals surface area contributed by atoms with Gasteiger partial charge in [0.1, 0.15) is 22.5 Å². The van der Waals surface area contributed by atoms with Gasteiger partial charge in [0.05, 0.1) is 16.3 Å². The first-order valence-corrected chi connectivity index (χ1v) is 7.85. The molecule has 0 bridgehead atoms. The quantitative estimate of drug-likeness (QED) is 0.264. The van der Waals surface area contributed by atoms with Crippen LogP contribution in [0.4, 0.5) is 0 Å². The second-order valence-electron chi connectivity index (χ2n) is 3.57. The first-order valence-electron chi connectivity index (χ1n) is 5.88. The van der Waals surface area contributed by atoms with Crippen molar-refractivity contribution in [3.63, 3.8) is 0 Å². The molecule has 0 aliphatic rings. The van der Waals surface area contributed by atoms with E-state index in [4.69, 9.17) is 18.6 Å². The molecule has 7 heteroatoms. The van der Waals surface area contributed by atoms with Crippen molar-refractivity contribution in [3.05, 3.63) is 12.7 Å². The number of ether oxygens (including phenoxy) is 3. The van der Waals surface area contributed by atoms with Crippen molar-refractivity contribution in [1.82, 2.24) is 0 Å². The summed E-state index contributed by atoms with van der Waals surface area (Å²) in [4.78, 5) is 10.8. The topological polar surface area (TPSA) is 54.0 Å². The summed E-state index contributed by atoms with van der Waals surface area (Å²) in [5, 5.41) is 0. The number of carbonyl (C=O) groups excluding carboxylic acids is 1. The van der Waals surface area contributed by atoms with Gasteiger partial charge >= 0.3 is 5.97 Å². The second kappa shape index (κ2) is 13.0. The van der Waals surface area contributed by atoms with Crippen LogP contribution in [0, 0.1) is 0 Å². The molecular formula is C11H26O5Si2. The van der Waals surface area contributed by atoms with Crippen molar-refractivity contribution in [2.75, 3.05) is 14.2 Å². The molecule has 0 rings (SSSR count). The Hall–Kier alpha value is -0.476. The molecule has 0 radical (unpaired) electrons. The summed E-state index contributed by atoms with van der Waals surface area (Å²) in [6.45, 7) is 7.18. The molecule has 0 saturated heterocycles. The molecule has 18 heavy (non-hydrogen) atoms. The van der Waals surface area contributed by atoms with Crippen LogP contribution < -0.4 is 0 Å². The first kappa shape index (κ1) is 19.9. The molecule has 0 heterocycles. The Kier molecular flexibility index (Phi) is 14.3. The SMILES string of the molecule is C=CC(=O)OC(CC)C(C)O[SiH3].COC([SiH3])OC. The summed E-state index contributed by atoms with van der Waals surface area (Å²) < 4.78 is 19.7. The van der Waals surface area contributed by atoms with Crippen LogP contribution in [-0.4, -0.2) is 59.0 Å². The van der Waals surface area contributed by atoms with Crippen LogP contribution in [0.25, 0.3) is 0 Å². The van der Waals surface area contributed by atoms with Crippen LogP contribution in [0.15, 0.2) is 12.7 Å². The van der Waals surface area contributed by atoms with Gasteiger partial charge in [0, 0.05) is 20.3 Å². The van der Waals surface area contributed by atoms with Crippen LogP contribution in [0.5, 0.6) is 0 Å². The lowest BCUT2D eigenvalue weighted by molar-refractivity contribution is -0.147. The molecule has 0 spiro atoms. The van der Waals surface area contributed by atoms with Gasteiger partial charge in [0.25, 0.3) is 0 Å². The van der Waals surface area contributed by atoms with Gasteiger partial charge in [-0.1, -0.05) is 13.5 Å². The van der Waals surface area contributed by atoms with Gasteiger partial charge in [-0.05, 0) is 13.3 Å². The average molecular weight is 294 g/mol. The molecule has 0 aliphatic heterocycles. The van der Waals surface area contributed by atoms with Crippen molar-refractivity contribution >= 4 is 26.7 Å². The predicted octanol–water partition coefficient (Wildman–Crippen LogP) is -0.892. The molecule has 108 valence electrons. The van der Waals surface area contributed by atoms with Gasteiger partial charge in [-0.2, -0.15) is 0 Å². The Bertz CT molecular complexity index is 221. The predicted molar refractivity (Wildman–Crippen MR) is 78.6 cm³/mol. The molecule has 0 saturated carbocycles. The minimum absolute atomic E-state index is 0.00873. The summed E-state index contributed by atoms with van der Waals surface area (Å²) in [6.07, 6.45) is 1.78. The van der Waals surface area contributed by atoms with E-state index in [0.29, 0.717) is 10.5 Å². The molecule has 5 nitrogen and oxygen atoms in total. The fourth-order valence-electron chi connectivity index (χ4n) is 0.956. The van der Waals surface area contributed by atoms with E-state index in [-0.39, 0.29) is 24.1 Å². The molecule has 0 amide bonds. The summed E-state index contributed by atoms with van der Waals surface area (Å²) in [7, 11) is 4.89. The summed E-state index contributed by atoms with van der Waals surface area (Å²) in [6, 6.07) is 0.